The SMILES string of the molecule is CS(=O)(=O)c1ccc(NC(=S)c2snnc2C(F)F)cc1. The number of hydrogen-bond acceptors (Lipinski definition) is 6. The normalized spacial score (nSPS) is 11.6. The number of rotatable bonds is 4. The van der Waals surface area contributed by atoms with Gasteiger partial charge in [0.05, 0.1) is 4.90 Å². The van der Waals surface area contributed by atoms with Crippen molar-refractivity contribution in [2.75, 3.05) is 11.6 Å². The van der Waals surface area contributed by atoms with Gasteiger partial charge in [-0.05, 0) is 35.8 Å². The maximum Gasteiger partial charge on any atom is 0.283 e. The molecule has 0 radical (unpaired) electrons. The predicted octanol–water partition coefficient (Wildman–Crippen LogP) is 2.67. The molecule has 112 valence electrons. The number of halogens is 2. The second-order valence-electron chi connectivity index (χ2n) is 4.04. The molecule has 1 N–H and O–H groups in total. The number of benzene rings is 1. The van der Waals surface area contributed by atoms with Crippen LogP contribution in [0.2, 0.25) is 0 Å². The molecule has 0 unspecified atom stereocenters. The highest BCUT2D eigenvalue weighted by molar-refractivity contribution is 7.90. The van der Waals surface area contributed by atoms with Crippen molar-refractivity contribution >= 4 is 44.3 Å². The summed E-state index contributed by atoms with van der Waals surface area (Å²) >= 11 is 5.81. The molecule has 0 aliphatic carbocycles. The molecule has 5 nitrogen and oxygen atoms in total. The Morgan fingerprint density at radius 3 is 2.48 bits per heavy atom. The molecule has 0 amide bonds. The fraction of sp³-hybridized carbons (Fsp3) is 0.182. The van der Waals surface area contributed by atoms with E-state index in [1.165, 1.54) is 24.3 Å². The Labute approximate surface area is 129 Å². The van der Waals surface area contributed by atoms with Crippen LogP contribution in [-0.4, -0.2) is 29.2 Å². The Balaban J connectivity index is 2.18. The first-order valence-electron chi connectivity index (χ1n) is 5.51. The van der Waals surface area contributed by atoms with Gasteiger partial charge in [-0.2, -0.15) is 0 Å². The van der Waals surface area contributed by atoms with Crippen molar-refractivity contribution in [1.82, 2.24) is 9.59 Å². The molecule has 1 aromatic heterocycles. The van der Waals surface area contributed by atoms with Gasteiger partial charge in [-0.15, -0.1) is 5.10 Å². The Morgan fingerprint density at radius 1 is 1.33 bits per heavy atom. The summed E-state index contributed by atoms with van der Waals surface area (Å²) in [6.07, 6.45) is -1.66. The topological polar surface area (TPSA) is 72.0 Å². The molecule has 0 bridgehead atoms. The van der Waals surface area contributed by atoms with Gasteiger partial charge in [-0.25, -0.2) is 17.2 Å². The number of hydrogen-bond donors (Lipinski definition) is 1. The molecule has 1 heterocycles. The zero-order valence-corrected chi connectivity index (χ0v) is 13.0. The predicted molar refractivity (Wildman–Crippen MR) is 79.7 cm³/mol. The lowest BCUT2D eigenvalue weighted by Crippen LogP contribution is -2.11. The van der Waals surface area contributed by atoms with E-state index in [1.807, 2.05) is 0 Å². The fourth-order valence-corrected chi connectivity index (χ4v) is 3.00. The summed E-state index contributed by atoms with van der Waals surface area (Å²) in [5, 5.41) is 6.09. The summed E-state index contributed by atoms with van der Waals surface area (Å²) in [5.74, 6) is 0. The van der Waals surface area contributed by atoms with Gasteiger partial charge in [0.25, 0.3) is 6.43 Å². The number of aromatic nitrogens is 2. The molecule has 1 aromatic carbocycles. The lowest BCUT2D eigenvalue weighted by molar-refractivity contribution is 0.146. The first-order valence-corrected chi connectivity index (χ1v) is 8.58. The molecule has 0 saturated carbocycles. The summed E-state index contributed by atoms with van der Waals surface area (Å²) in [6.45, 7) is 0. The fourth-order valence-electron chi connectivity index (χ4n) is 1.47. The zero-order valence-electron chi connectivity index (χ0n) is 10.6. The molecule has 2 aromatic rings. The van der Waals surface area contributed by atoms with Crippen molar-refractivity contribution < 1.29 is 17.2 Å². The van der Waals surface area contributed by atoms with Gasteiger partial charge in [0.1, 0.15) is 9.87 Å². The van der Waals surface area contributed by atoms with E-state index in [9.17, 15) is 17.2 Å². The molecule has 2 rings (SSSR count). The molecular weight excluding hydrogens is 340 g/mol. The zero-order chi connectivity index (χ0) is 15.6. The molecule has 21 heavy (non-hydrogen) atoms. The largest absolute Gasteiger partial charge is 0.345 e. The summed E-state index contributed by atoms with van der Waals surface area (Å²) in [7, 11) is -3.29. The monoisotopic (exact) mass is 349 g/mol. The average molecular weight is 349 g/mol. The van der Waals surface area contributed by atoms with Crippen LogP contribution in [0.25, 0.3) is 0 Å². The molecule has 0 fully saturated rings. The Kier molecular flexibility index (Phi) is 4.59. The van der Waals surface area contributed by atoms with Gasteiger partial charge in [-0.3, -0.25) is 0 Å². The average Bonchev–Trinajstić information content (AvgIpc) is 2.87. The van der Waals surface area contributed by atoms with Crippen LogP contribution in [0, 0.1) is 0 Å². The molecule has 10 heteroatoms. The standard InChI is InChI=1S/C11H9F2N3O2S3/c1-21(17,18)7-4-2-6(3-5-7)14-11(19)9-8(10(12)13)15-16-20-9/h2-5,10H,1H3,(H,14,19). The van der Waals surface area contributed by atoms with Crippen molar-refractivity contribution in [3.05, 3.63) is 34.8 Å². The molecule has 0 aliphatic rings. The van der Waals surface area contributed by atoms with Crippen molar-refractivity contribution in [3.63, 3.8) is 0 Å². The second-order valence-corrected chi connectivity index (χ2v) is 7.22. The lowest BCUT2D eigenvalue weighted by atomic mass is 10.3. The van der Waals surface area contributed by atoms with Gasteiger partial charge in [0, 0.05) is 11.9 Å². The van der Waals surface area contributed by atoms with Crippen LogP contribution in [0.5, 0.6) is 0 Å². The van der Waals surface area contributed by atoms with E-state index >= 15 is 0 Å². The van der Waals surface area contributed by atoms with Gasteiger partial charge in [0.2, 0.25) is 0 Å². The maximum absolute atomic E-state index is 12.7. The van der Waals surface area contributed by atoms with Gasteiger partial charge in [-0.1, -0.05) is 16.7 Å². The van der Waals surface area contributed by atoms with Crippen LogP contribution < -0.4 is 5.32 Å². The van der Waals surface area contributed by atoms with Crippen LogP contribution in [0.4, 0.5) is 14.5 Å². The Hall–Kier alpha value is -1.52. The van der Waals surface area contributed by atoms with Gasteiger partial charge >= 0.3 is 0 Å². The number of alkyl halides is 2. The molecule has 0 aliphatic heterocycles. The first-order chi connectivity index (χ1) is 9.79. The third kappa shape index (κ3) is 3.77. The number of thiocarbonyl (C=S) groups is 1. The molecular formula is C11H9F2N3O2S3. The number of nitrogens with zero attached hydrogens (tertiary/aromatic N) is 2. The summed E-state index contributed by atoms with van der Waals surface area (Å²) in [5.41, 5.74) is 0.0197. The minimum absolute atomic E-state index is 0.0624. The van der Waals surface area contributed by atoms with Crippen LogP contribution in [0.1, 0.15) is 17.0 Å². The van der Waals surface area contributed by atoms with Gasteiger partial charge < -0.3 is 5.32 Å². The van der Waals surface area contributed by atoms with E-state index in [4.69, 9.17) is 12.2 Å². The third-order valence-corrected chi connectivity index (χ3v) is 4.79. The van der Waals surface area contributed by atoms with Crippen LogP contribution in [0.3, 0.4) is 0 Å². The summed E-state index contributed by atoms with van der Waals surface area (Å²) < 4.78 is 51.5. The van der Waals surface area contributed by atoms with E-state index in [0.717, 1.165) is 17.8 Å². The number of nitrogens with one attached hydrogen (secondary N) is 1. The second kappa shape index (κ2) is 6.08. The number of anilines is 1. The van der Waals surface area contributed by atoms with Crippen molar-refractivity contribution in [1.29, 1.82) is 0 Å². The summed E-state index contributed by atoms with van der Waals surface area (Å²) in [4.78, 5) is 0.311. The lowest BCUT2D eigenvalue weighted by Gasteiger charge is -2.07. The highest BCUT2D eigenvalue weighted by Gasteiger charge is 2.21. The minimum atomic E-state index is -3.29. The molecule has 0 saturated heterocycles. The van der Waals surface area contributed by atoms with E-state index in [0.29, 0.717) is 5.69 Å². The van der Waals surface area contributed by atoms with Crippen molar-refractivity contribution in [3.8, 4) is 0 Å². The first kappa shape index (κ1) is 15.9. The molecule has 0 spiro atoms. The maximum atomic E-state index is 12.7. The highest BCUT2D eigenvalue weighted by atomic mass is 32.2. The number of sulfone groups is 1. The Morgan fingerprint density at radius 2 is 1.95 bits per heavy atom. The van der Waals surface area contributed by atoms with E-state index < -0.39 is 22.0 Å². The quantitative estimate of drug-likeness (QED) is 0.856. The van der Waals surface area contributed by atoms with Crippen LogP contribution in [0.15, 0.2) is 29.2 Å². The van der Waals surface area contributed by atoms with Crippen LogP contribution in [-0.2, 0) is 9.84 Å². The highest BCUT2D eigenvalue weighted by Crippen LogP contribution is 2.24. The van der Waals surface area contributed by atoms with Crippen molar-refractivity contribution in [2.45, 2.75) is 11.3 Å². The smallest absolute Gasteiger partial charge is 0.283 e. The third-order valence-electron chi connectivity index (χ3n) is 2.47. The van der Waals surface area contributed by atoms with Crippen molar-refractivity contribution in [2.24, 2.45) is 0 Å². The van der Waals surface area contributed by atoms with E-state index in [2.05, 4.69) is 14.9 Å². The minimum Gasteiger partial charge on any atom is -0.345 e. The Bertz CT molecular complexity index is 757. The summed E-state index contributed by atoms with van der Waals surface area (Å²) in [6, 6.07) is 5.80. The van der Waals surface area contributed by atoms with E-state index in [1.54, 1.807) is 0 Å². The van der Waals surface area contributed by atoms with Gasteiger partial charge in [0.15, 0.2) is 15.5 Å². The van der Waals surface area contributed by atoms with E-state index in [-0.39, 0.29) is 14.8 Å². The van der Waals surface area contributed by atoms with Crippen LogP contribution >= 0.6 is 23.8 Å². The molecule has 0 atom stereocenters.